The maximum atomic E-state index is 14.6. The molecule has 176 valence electrons. The van der Waals surface area contributed by atoms with Gasteiger partial charge in [0.05, 0.1) is 0 Å². The molecule has 2 fully saturated rings. The van der Waals surface area contributed by atoms with Crippen molar-refractivity contribution in [2.75, 3.05) is 0 Å². The minimum absolute atomic E-state index is 0.0827. The third kappa shape index (κ3) is 6.25. The Bertz CT molecular complexity index is 935. The predicted octanol–water partition coefficient (Wildman–Crippen LogP) is 9.66. The molecule has 0 saturated heterocycles. The van der Waals surface area contributed by atoms with Crippen LogP contribution in [0.5, 0.6) is 0 Å². The molecule has 0 nitrogen and oxygen atoms in total. The molecule has 4 rings (SSSR count). The second-order valence-electron chi connectivity index (χ2n) is 10.4. The number of aryl methyl sites for hydroxylation is 1. The van der Waals surface area contributed by atoms with Crippen LogP contribution in [0.25, 0.3) is 11.1 Å². The van der Waals surface area contributed by atoms with Gasteiger partial charge in [0.15, 0.2) is 0 Å². The molecule has 0 heterocycles. The Kier molecular flexibility index (Phi) is 8.59. The molecule has 2 aromatic carbocycles. The highest BCUT2D eigenvalue weighted by molar-refractivity contribution is 5.64. The van der Waals surface area contributed by atoms with Gasteiger partial charge in [-0.3, -0.25) is 0 Å². The molecule has 2 aliphatic rings. The fraction of sp³-hybridized carbons (Fsp3) is 0.500. The van der Waals surface area contributed by atoms with Gasteiger partial charge in [-0.2, -0.15) is 0 Å². The number of halogens is 1. The van der Waals surface area contributed by atoms with Crippen molar-refractivity contribution < 1.29 is 4.39 Å². The molecule has 2 saturated carbocycles. The topological polar surface area (TPSA) is 0 Å². The van der Waals surface area contributed by atoms with Crippen molar-refractivity contribution in [3.05, 3.63) is 83.7 Å². The zero-order chi connectivity index (χ0) is 23.0. The van der Waals surface area contributed by atoms with E-state index in [2.05, 4.69) is 55.5 Å². The van der Waals surface area contributed by atoms with Crippen molar-refractivity contribution in [1.29, 1.82) is 0 Å². The van der Waals surface area contributed by atoms with E-state index < -0.39 is 0 Å². The van der Waals surface area contributed by atoms with Crippen LogP contribution in [-0.4, -0.2) is 0 Å². The van der Waals surface area contributed by atoms with Crippen LogP contribution in [0, 0.1) is 23.6 Å². The van der Waals surface area contributed by atoms with E-state index in [-0.39, 0.29) is 5.82 Å². The lowest BCUT2D eigenvalue weighted by Crippen LogP contribution is -2.30. The Hall–Kier alpha value is -2.15. The quantitative estimate of drug-likeness (QED) is 0.355. The van der Waals surface area contributed by atoms with Crippen LogP contribution in [0.4, 0.5) is 4.39 Å². The third-order valence-corrected chi connectivity index (χ3v) is 8.28. The summed E-state index contributed by atoms with van der Waals surface area (Å²) in [4.78, 5) is 0. The largest absolute Gasteiger partial charge is 0.207 e. The van der Waals surface area contributed by atoms with Crippen LogP contribution in [-0.2, 0) is 6.42 Å². The summed E-state index contributed by atoms with van der Waals surface area (Å²) in [7, 11) is 0. The molecule has 2 aliphatic carbocycles. The van der Waals surface area contributed by atoms with Gasteiger partial charge in [0.2, 0.25) is 0 Å². The molecule has 4 atom stereocenters. The molecular weight excluding hydrogens is 403 g/mol. The van der Waals surface area contributed by atoms with E-state index in [1.165, 1.54) is 56.9 Å². The standard InChI is InChI=1S/C32H41F/c1-3-5-7-9-24-11-12-30-22-29(20-19-28(30)21-24)25-13-15-26(16-14-25)31-18-17-27(32(33)23-31)10-8-6-4-2/h3-6,13-18,23-24,28-30H,7-12,19-22H2,1-2H3/b5-3+,6-4+. The van der Waals surface area contributed by atoms with Crippen molar-refractivity contribution in [3.8, 4) is 11.1 Å². The summed E-state index contributed by atoms with van der Waals surface area (Å²) >= 11 is 0. The summed E-state index contributed by atoms with van der Waals surface area (Å²) in [5.41, 5.74) is 4.39. The second-order valence-corrected chi connectivity index (χ2v) is 10.4. The van der Waals surface area contributed by atoms with E-state index in [1.54, 1.807) is 6.07 Å². The Morgan fingerprint density at radius 1 is 0.788 bits per heavy atom. The molecule has 4 unspecified atom stereocenters. The van der Waals surface area contributed by atoms with Crippen molar-refractivity contribution in [2.24, 2.45) is 17.8 Å². The van der Waals surface area contributed by atoms with E-state index in [0.29, 0.717) is 5.92 Å². The SMILES string of the molecule is C/C=C/CCc1ccc(-c2ccc(C3CCC4CC(CC/C=C/C)CCC4C3)cc2)cc1F. The van der Waals surface area contributed by atoms with Gasteiger partial charge in [0, 0.05) is 0 Å². The Labute approximate surface area is 201 Å². The molecule has 0 radical (unpaired) electrons. The van der Waals surface area contributed by atoms with Gasteiger partial charge in [0.1, 0.15) is 5.82 Å². The number of allylic oxidation sites excluding steroid dienone is 4. The first-order chi connectivity index (χ1) is 16.2. The maximum Gasteiger partial charge on any atom is 0.127 e. The number of rotatable bonds is 8. The molecular formula is C32H41F. The number of fused-ring (bicyclic) bond motifs is 1. The normalized spacial score (nSPS) is 25.5. The van der Waals surface area contributed by atoms with Crippen LogP contribution >= 0.6 is 0 Å². The molecule has 2 aromatic rings. The van der Waals surface area contributed by atoms with Gasteiger partial charge >= 0.3 is 0 Å². The van der Waals surface area contributed by atoms with Gasteiger partial charge in [-0.05, 0) is 124 Å². The Balaban J connectivity index is 1.34. The maximum absolute atomic E-state index is 14.6. The van der Waals surface area contributed by atoms with Crippen LogP contribution < -0.4 is 0 Å². The molecule has 1 heteroatoms. The summed E-state index contributed by atoms with van der Waals surface area (Å²) in [6.07, 6.45) is 21.4. The average Bonchev–Trinajstić information content (AvgIpc) is 2.85. The highest BCUT2D eigenvalue weighted by Crippen LogP contribution is 2.48. The lowest BCUT2D eigenvalue weighted by molar-refractivity contribution is 0.115. The first-order valence-electron chi connectivity index (χ1n) is 13.3. The average molecular weight is 445 g/mol. The monoisotopic (exact) mass is 444 g/mol. The van der Waals surface area contributed by atoms with E-state index >= 15 is 0 Å². The number of benzene rings is 2. The minimum Gasteiger partial charge on any atom is -0.207 e. The molecule has 0 spiro atoms. The van der Waals surface area contributed by atoms with Crippen molar-refractivity contribution in [3.63, 3.8) is 0 Å². The zero-order valence-corrected chi connectivity index (χ0v) is 20.6. The van der Waals surface area contributed by atoms with Gasteiger partial charge in [-0.15, -0.1) is 0 Å². The third-order valence-electron chi connectivity index (χ3n) is 8.28. The van der Waals surface area contributed by atoms with Crippen LogP contribution in [0.3, 0.4) is 0 Å². The van der Waals surface area contributed by atoms with Crippen LogP contribution in [0.1, 0.15) is 88.7 Å². The van der Waals surface area contributed by atoms with Crippen molar-refractivity contribution in [2.45, 2.75) is 84.0 Å². The smallest absolute Gasteiger partial charge is 0.127 e. The molecule has 0 aliphatic heterocycles. The first kappa shape index (κ1) is 24.0. The van der Waals surface area contributed by atoms with E-state index in [4.69, 9.17) is 0 Å². The lowest BCUT2D eigenvalue weighted by atomic mass is 9.63. The molecule has 0 aromatic heterocycles. The highest BCUT2D eigenvalue weighted by Gasteiger charge is 2.35. The molecule has 0 bridgehead atoms. The zero-order valence-electron chi connectivity index (χ0n) is 20.6. The fourth-order valence-corrected chi connectivity index (χ4v) is 6.33. The Morgan fingerprint density at radius 2 is 1.48 bits per heavy atom. The van der Waals surface area contributed by atoms with Gasteiger partial charge in [-0.1, -0.05) is 67.1 Å². The fourth-order valence-electron chi connectivity index (χ4n) is 6.33. The van der Waals surface area contributed by atoms with Crippen molar-refractivity contribution in [1.82, 2.24) is 0 Å². The summed E-state index contributed by atoms with van der Waals surface area (Å²) in [5.74, 6) is 3.45. The lowest BCUT2D eigenvalue weighted by Gasteiger charge is -2.42. The van der Waals surface area contributed by atoms with E-state index in [1.807, 2.05) is 19.1 Å². The number of hydrogen-bond acceptors (Lipinski definition) is 0. The first-order valence-corrected chi connectivity index (χ1v) is 13.3. The molecule has 0 amide bonds. The van der Waals surface area contributed by atoms with Crippen molar-refractivity contribution >= 4 is 0 Å². The summed E-state index contributed by atoms with van der Waals surface area (Å²) < 4.78 is 14.6. The van der Waals surface area contributed by atoms with Gasteiger partial charge < -0.3 is 0 Å². The van der Waals surface area contributed by atoms with Gasteiger partial charge in [-0.25, -0.2) is 4.39 Å². The second kappa shape index (κ2) is 11.8. The summed E-state index contributed by atoms with van der Waals surface area (Å²) in [5, 5.41) is 0. The Morgan fingerprint density at radius 3 is 2.24 bits per heavy atom. The molecule has 33 heavy (non-hydrogen) atoms. The van der Waals surface area contributed by atoms with Crippen LogP contribution in [0.2, 0.25) is 0 Å². The minimum atomic E-state index is -0.0827. The van der Waals surface area contributed by atoms with Crippen LogP contribution in [0.15, 0.2) is 66.8 Å². The summed E-state index contributed by atoms with van der Waals surface area (Å²) in [6.45, 7) is 4.14. The summed E-state index contributed by atoms with van der Waals surface area (Å²) in [6, 6.07) is 14.8. The number of hydrogen-bond donors (Lipinski definition) is 0. The van der Waals surface area contributed by atoms with E-state index in [0.717, 1.165) is 47.3 Å². The van der Waals surface area contributed by atoms with Gasteiger partial charge in [0.25, 0.3) is 0 Å². The molecule has 0 N–H and O–H groups in total. The van der Waals surface area contributed by atoms with E-state index in [9.17, 15) is 4.39 Å². The highest BCUT2D eigenvalue weighted by atomic mass is 19.1. The predicted molar refractivity (Wildman–Crippen MR) is 140 cm³/mol.